The molecule has 126 valence electrons. The third-order valence-electron chi connectivity index (χ3n) is 3.71. The van der Waals surface area contributed by atoms with Crippen LogP contribution in [0.1, 0.15) is 32.3 Å². The first-order valence-corrected chi connectivity index (χ1v) is 7.79. The SMILES string of the molecule is CC(C)c1ccc(N[C@@H](C)C(=O)Nc2ccccc2[N+](=O)[O-])cc1. The van der Waals surface area contributed by atoms with E-state index in [1.54, 1.807) is 19.1 Å². The maximum atomic E-state index is 12.3. The van der Waals surface area contributed by atoms with Crippen LogP contribution in [0.3, 0.4) is 0 Å². The topological polar surface area (TPSA) is 84.3 Å². The van der Waals surface area contributed by atoms with E-state index in [0.717, 1.165) is 5.69 Å². The van der Waals surface area contributed by atoms with Crippen LogP contribution in [-0.4, -0.2) is 16.9 Å². The zero-order chi connectivity index (χ0) is 17.7. The Balaban J connectivity index is 2.03. The molecule has 0 saturated heterocycles. The third-order valence-corrected chi connectivity index (χ3v) is 3.71. The van der Waals surface area contributed by atoms with Crippen molar-refractivity contribution in [3.63, 3.8) is 0 Å². The Hall–Kier alpha value is -2.89. The summed E-state index contributed by atoms with van der Waals surface area (Å²) in [6.07, 6.45) is 0. The van der Waals surface area contributed by atoms with Crippen molar-refractivity contribution < 1.29 is 9.72 Å². The lowest BCUT2D eigenvalue weighted by atomic mass is 10.0. The van der Waals surface area contributed by atoms with Gasteiger partial charge in [-0.25, -0.2) is 0 Å². The van der Waals surface area contributed by atoms with Crippen LogP contribution < -0.4 is 10.6 Å². The summed E-state index contributed by atoms with van der Waals surface area (Å²) in [7, 11) is 0. The number of benzene rings is 2. The molecular weight excluding hydrogens is 306 g/mol. The number of para-hydroxylation sites is 2. The van der Waals surface area contributed by atoms with Crippen LogP contribution in [-0.2, 0) is 4.79 Å². The normalized spacial score (nSPS) is 11.8. The van der Waals surface area contributed by atoms with Gasteiger partial charge in [0.25, 0.3) is 5.69 Å². The summed E-state index contributed by atoms with van der Waals surface area (Å²) in [4.78, 5) is 22.7. The zero-order valence-electron chi connectivity index (χ0n) is 13.9. The van der Waals surface area contributed by atoms with Crippen molar-refractivity contribution in [2.45, 2.75) is 32.7 Å². The van der Waals surface area contributed by atoms with Gasteiger partial charge in [0.2, 0.25) is 5.91 Å². The fourth-order valence-electron chi connectivity index (χ4n) is 2.26. The number of anilines is 2. The predicted molar refractivity (Wildman–Crippen MR) is 95.3 cm³/mol. The summed E-state index contributed by atoms with van der Waals surface area (Å²) in [6, 6.07) is 13.4. The van der Waals surface area contributed by atoms with E-state index >= 15 is 0 Å². The van der Waals surface area contributed by atoms with Gasteiger partial charge in [-0.2, -0.15) is 0 Å². The molecule has 24 heavy (non-hydrogen) atoms. The van der Waals surface area contributed by atoms with E-state index < -0.39 is 11.0 Å². The van der Waals surface area contributed by atoms with Crippen molar-refractivity contribution in [1.82, 2.24) is 0 Å². The molecule has 0 aromatic heterocycles. The fraction of sp³-hybridized carbons (Fsp3) is 0.278. The molecule has 0 aliphatic rings. The summed E-state index contributed by atoms with van der Waals surface area (Å²) in [5.74, 6) is 0.107. The third kappa shape index (κ3) is 4.32. The predicted octanol–water partition coefficient (Wildman–Crippen LogP) is 4.16. The molecule has 0 fully saturated rings. The number of hydrogen-bond donors (Lipinski definition) is 2. The van der Waals surface area contributed by atoms with Gasteiger partial charge in [0.1, 0.15) is 11.7 Å². The quantitative estimate of drug-likeness (QED) is 0.616. The number of carbonyl (C=O) groups is 1. The number of amides is 1. The van der Waals surface area contributed by atoms with Gasteiger partial charge in [0, 0.05) is 11.8 Å². The van der Waals surface area contributed by atoms with Gasteiger partial charge >= 0.3 is 0 Å². The molecule has 0 radical (unpaired) electrons. The minimum Gasteiger partial charge on any atom is -0.374 e. The van der Waals surface area contributed by atoms with Crippen LogP contribution in [0.2, 0.25) is 0 Å². The largest absolute Gasteiger partial charge is 0.374 e. The van der Waals surface area contributed by atoms with Gasteiger partial charge < -0.3 is 10.6 Å². The molecule has 1 atom stereocenters. The lowest BCUT2D eigenvalue weighted by molar-refractivity contribution is -0.383. The van der Waals surface area contributed by atoms with E-state index in [4.69, 9.17) is 0 Å². The summed E-state index contributed by atoms with van der Waals surface area (Å²) < 4.78 is 0. The average Bonchev–Trinajstić information content (AvgIpc) is 2.55. The second-order valence-corrected chi connectivity index (χ2v) is 5.91. The minimum atomic E-state index is -0.533. The van der Waals surface area contributed by atoms with E-state index in [9.17, 15) is 14.9 Å². The Kier molecular flexibility index (Phi) is 5.52. The average molecular weight is 327 g/mol. The highest BCUT2D eigenvalue weighted by atomic mass is 16.6. The number of rotatable bonds is 6. The van der Waals surface area contributed by atoms with Gasteiger partial charge in [0.05, 0.1) is 4.92 Å². The Morgan fingerprint density at radius 2 is 1.67 bits per heavy atom. The molecule has 0 aliphatic carbocycles. The number of carbonyl (C=O) groups excluding carboxylic acids is 1. The molecule has 6 heteroatoms. The number of nitrogens with zero attached hydrogens (tertiary/aromatic N) is 1. The Morgan fingerprint density at radius 1 is 1.04 bits per heavy atom. The lowest BCUT2D eigenvalue weighted by Gasteiger charge is -2.16. The van der Waals surface area contributed by atoms with E-state index in [2.05, 4.69) is 24.5 Å². The van der Waals surface area contributed by atoms with E-state index in [-0.39, 0.29) is 17.3 Å². The molecule has 2 rings (SSSR count). The second kappa shape index (κ2) is 7.59. The first-order chi connectivity index (χ1) is 11.4. The van der Waals surface area contributed by atoms with Gasteiger partial charge in [-0.05, 0) is 36.6 Å². The van der Waals surface area contributed by atoms with Crippen LogP contribution >= 0.6 is 0 Å². The highest BCUT2D eigenvalue weighted by molar-refractivity contribution is 5.97. The van der Waals surface area contributed by atoms with Gasteiger partial charge in [0.15, 0.2) is 0 Å². The van der Waals surface area contributed by atoms with Crippen molar-refractivity contribution in [3.8, 4) is 0 Å². The molecule has 0 spiro atoms. The van der Waals surface area contributed by atoms with Crippen molar-refractivity contribution in [3.05, 3.63) is 64.2 Å². The Morgan fingerprint density at radius 3 is 2.25 bits per heavy atom. The van der Waals surface area contributed by atoms with E-state index in [1.165, 1.54) is 17.7 Å². The highest BCUT2D eigenvalue weighted by Gasteiger charge is 2.18. The molecule has 2 aromatic rings. The highest BCUT2D eigenvalue weighted by Crippen LogP contribution is 2.23. The summed E-state index contributed by atoms with van der Waals surface area (Å²) in [5, 5.41) is 16.7. The first-order valence-electron chi connectivity index (χ1n) is 7.79. The minimum absolute atomic E-state index is 0.126. The molecule has 0 unspecified atom stereocenters. The Bertz CT molecular complexity index is 727. The van der Waals surface area contributed by atoms with Crippen LogP contribution in [0.4, 0.5) is 17.1 Å². The molecule has 0 aliphatic heterocycles. The number of nitrogens with one attached hydrogen (secondary N) is 2. The van der Waals surface area contributed by atoms with Gasteiger partial charge in [-0.3, -0.25) is 14.9 Å². The lowest BCUT2D eigenvalue weighted by Crippen LogP contribution is -2.32. The molecule has 2 aromatic carbocycles. The van der Waals surface area contributed by atoms with Crippen molar-refractivity contribution in [1.29, 1.82) is 0 Å². The van der Waals surface area contributed by atoms with Gasteiger partial charge in [-0.15, -0.1) is 0 Å². The van der Waals surface area contributed by atoms with Crippen LogP contribution in [0.5, 0.6) is 0 Å². The maximum absolute atomic E-state index is 12.3. The van der Waals surface area contributed by atoms with E-state index in [0.29, 0.717) is 5.92 Å². The van der Waals surface area contributed by atoms with Gasteiger partial charge in [-0.1, -0.05) is 38.1 Å². The zero-order valence-corrected chi connectivity index (χ0v) is 13.9. The number of nitro benzene ring substituents is 1. The summed E-state index contributed by atoms with van der Waals surface area (Å²) >= 11 is 0. The standard InChI is InChI=1S/C18H21N3O3/c1-12(2)14-8-10-15(11-9-14)19-13(3)18(22)20-16-6-4-5-7-17(16)21(23)24/h4-13,19H,1-3H3,(H,20,22)/t13-/m0/s1. The molecule has 1 amide bonds. The van der Waals surface area contributed by atoms with Crippen LogP contribution in [0.25, 0.3) is 0 Å². The molecule has 0 heterocycles. The fourth-order valence-corrected chi connectivity index (χ4v) is 2.26. The van der Waals surface area contributed by atoms with Crippen LogP contribution in [0, 0.1) is 10.1 Å². The molecule has 6 nitrogen and oxygen atoms in total. The Labute approximate surface area is 141 Å². The molecule has 2 N–H and O–H groups in total. The van der Waals surface area contributed by atoms with Crippen LogP contribution in [0.15, 0.2) is 48.5 Å². The second-order valence-electron chi connectivity index (χ2n) is 5.91. The van der Waals surface area contributed by atoms with Crippen molar-refractivity contribution >= 4 is 23.0 Å². The van der Waals surface area contributed by atoms with Crippen molar-refractivity contribution in [2.24, 2.45) is 0 Å². The molecule has 0 bridgehead atoms. The molecular formula is C18H21N3O3. The summed E-state index contributed by atoms with van der Waals surface area (Å²) in [5.41, 5.74) is 2.11. The number of hydrogen-bond acceptors (Lipinski definition) is 4. The monoisotopic (exact) mass is 327 g/mol. The van der Waals surface area contributed by atoms with E-state index in [1.807, 2.05) is 24.3 Å². The smallest absolute Gasteiger partial charge is 0.292 e. The van der Waals surface area contributed by atoms with Crippen molar-refractivity contribution in [2.75, 3.05) is 10.6 Å². The summed E-state index contributed by atoms with van der Waals surface area (Å²) in [6.45, 7) is 5.94. The number of nitro groups is 1. The molecule has 0 saturated carbocycles. The maximum Gasteiger partial charge on any atom is 0.292 e. The first kappa shape index (κ1) is 17.5.